The summed E-state index contributed by atoms with van der Waals surface area (Å²) in [4.78, 5) is 0. The zero-order valence-corrected chi connectivity index (χ0v) is 23.6. The molecule has 0 aromatic rings. The zero-order valence-electron chi connectivity index (χ0n) is 23.6. The highest BCUT2D eigenvalue weighted by molar-refractivity contribution is 4.58. The molecule has 0 aromatic heterocycles. The van der Waals surface area contributed by atoms with E-state index in [1.165, 1.54) is 0 Å². The minimum atomic E-state index is -0.469. The summed E-state index contributed by atoms with van der Waals surface area (Å²) >= 11 is 0. The maximum Gasteiger partial charge on any atom is 0.0781 e. The Morgan fingerprint density at radius 1 is 0.500 bits per heavy atom. The molecule has 0 bridgehead atoms. The average molecular weight is 531 g/mol. The van der Waals surface area contributed by atoms with E-state index in [-0.39, 0.29) is 43.7 Å². The number of ether oxygens (including phenoxy) is 8. The van der Waals surface area contributed by atoms with Gasteiger partial charge < -0.3 is 53.2 Å². The largest absolute Gasteiger partial charge is 0.394 e. The van der Waals surface area contributed by atoms with Crippen molar-refractivity contribution in [1.82, 2.24) is 0 Å². The lowest BCUT2D eigenvalue weighted by Crippen LogP contribution is -2.29. The molecular weight excluding hydrogens is 476 g/mol. The van der Waals surface area contributed by atoms with Crippen LogP contribution in [-0.4, -0.2) is 138 Å². The average Bonchev–Trinajstić information content (AvgIpc) is 2.86. The molecule has 0 amide bonds. The molecule has 0 rings (SSSR count). The van der Waals surface area contributed by atoms with Crippen molar-refractivity contribution in [2.75, 3.05) is 86.4 Å². The zero-order chi connectivity index (χ0) is 27.6. The van der Waals surface area contributed by atoms with E-state index in [4.69, 9.17) is 48.1 Å². The summed E-state index contributed by atoms with van der Waals surface area (Å²) in [5.74, 6) is 0. The van der Waals surface area contributed by atoms with Crippen molar-refractivity contribution >= 4 is 0 Å². The van der Waals surface area contributed by atoms with Gasteiger partial charge in [0.2, 0.25) is 0 Å². The van der Waals surface area contributed by atoms with Crippen LogP contribution in [0.4, 0.5) is 0 Å². The Morgan fingerprint density at radius 3 is 1.22 bits per heavy atom. The Bertz CT molecular complexity index is 421. The van der Waals surface area contributed by atoms with Crippen molar-refractivity contribution in [1.29, 1.82) is 0 Å². The van der Waals surface area contributed by atoms with Gasteiger partial charge in [-0.2, -0.15) is 0 Å². The topological polar surface area (TPSA) is 135 Å². The Balaban J connectivity index is 0. The van der Waals surface area contributed by atoms with Crippen LogP contribution < -0.4 is 0 Å². The van der Waals surface area contributed by atoms with Gasteiger partial charge in [0.1, 0.15) is 0 Å². The first-order valence-electron chi connectivity index (χ1n) is 12.8. The van der Waals surface area contributed by atoms with Gasteiger partial charge in [-0.25, -0.2) is 0 Å². The van der Waals surface area contributed by atoms with E-state index in [1.54, 1.807) is 14.0 Å². The quantitative estimate of drug-likeness (QED) is 0.155. The fraction of sp³-hybridized carbons (Fsp3) is 1.00. The fourth-order valence-electron chi connectivity index (χ4n) is 2.28. The summed E-state index contributed by atoms with van der Waals surface area (Å²) in [6.45, 7) is 16.1. The molecule has 0 spiro atoms. The lowest BCUT2D eigenvalue weighted by molar-refractivity contribution is -0.100. The summed E-state index contributed by atoms with van der Waals surface area (Å²) in [5, 5.41) is 26.4. The maximum absolute atomic E-state index is 9.17. The standard InChI is InChI=1S/C18H38O7.C7H16O4/c1-13(20)8-21-15(3)10-23-17(5)12-25-18(6)11-24-16(4)9-22-14(2)7-19;1-9-4-5-11-7-6-10-3-2-8/h13-20H,7-12H2,1-6H3;8H,2-7H2,1H3. The van der Waals surface area contributed by atoms with Crippen LogP contribution in [0, 0.1) is 0 Å². The van der Waals surface area contributed by atoms with Gasteiger partial charge >= 0.3 is 0 Å². The molecule has 3 N–H and O–H groups in total. The Kier molecular flexibility index (Phi) is 28.9. The molecule has 6 atom stereocenters. The number of hydrogen-bond acceptors (Lipinski definition) is 11. The van der Waals surface area contributed by atoms with Crippen LogP contribution in [0.2, 0.25) is 0 Å². The predicted octanol–water partition coefficient (Wildman–Crippen LogP) is 1.04. The number of rotatable bonds is 24. The molecule has 0 fully saturated rings. The first-order valence-corrected chi connectivity index (χ1v) is 12.8. The van der Waals surface area contributed by atoms with Crippen LogP contribution in [0.15, 0.2) is 0 Å². The Morgan fingerprint density at radius 2 is 0.861 bits per heavy atom. The molecule has 0 heterocycles. The van der Waals surface area contributed by atoms with E-state index in [1.807, 2.05) is 34.6 Å². The van der Waals surface area contributed by atoms with Crippen LogP contribution >= 0.6 is 0 Å². The molecule has 0 aromatic carbocycles. The molecule has 11 heteroatoms. The smallest absolute Gasteiger partial charge is 0.0781 e. The molecule has 0 aliphatic rings. The molecule has 0 aliphatic carbocycles. The van der Waals surface area contributed by atoms with Gasteiger partial charge in [0.25, 0.3) is 0 Å². The van der Waals surface area contributed by atoms with Crippen LogP contribution in [0.1, 0.15) is 41.5 Å². The molecule has 36 heavy (non-hydrogen) atoms. The minimum Gasteiger partial charge on any atom is -0.394 e. The number of aliphatic hydroxyl groups excluding tert-OH is 3. The third-order valence-electron chi connectivity index (χ3n) is 4.38. The monoisotopic (exact) mass is 530 g/mol. The van der Waals surface area contributed by atoms with E-state index in [2.05, 4.69) is 0 Å². The molecule has 6 unspecified atom stereocenters. The first kappa shape index (κ1) is 37.7. The minimum absolute atomic E-state index is 0.00675. The highest BCUT2D eigenvalue weighted by Gasteiger charge is 2.12. The maximum atomic E-state index is 9.17. The second-order valence-electron chi connectivity index (χ2n) is 8.69. The van der Waals surface area contributed by atoms with E-state index in [0.29, 0.717) is 66.1 Å². The van der Waals surface area contributed by atoms with E-state index >= 15 is 0 Å². The summed E-state index contributed by atoms with van der Waals surface area (Å²) in [6, 6.07) is 0. The van der Waals surface area contributed by atoms with Gasteiger partial charge in [0, 0.05) is 7.11 Å². The summed E-state index contributed by atoms with van der Waals surface area (Å²) < 4.78 is 42.7. The van der Waals surface area contributed by atoms with Crippen molar-refractivity contribution in [3.05, 3.63) is 0 Å². The van der Waals surface area contributed by atoms with Gasteiger partial charge in [-0.3, -0.25) is 0 Å². The molecule has 0 radical (unpaired) electrons. The van der Waals surface area contributed by atoms with E-state index < -0.39 is 6.10 Å². The van der Waals surface area contributed by atoms with Crippen LogP contribution in [0.3, 0.4) is 0 Å². The SMILES string of the molecule is CC(O)COC(C)COC(C)COC(C)COC(C)COC(C)CO.COCCOCCOCCO. The summed E-state index contributed by atoms with van der Waals surface area (Å²) in [6.07, 6.45) is -0.868. The number of hydrogen-bond donors (Lipinski definition) is 3. The van der Waals surface area contributed by atoms with Crippen molar-refractivity contribution in [3.63, 3.8) is 0 Å². The lowest BCUT2D eigenvalue weighted by Gasteiger charge is -2.22. The van der Waals surface area contributed by atoms with Crippen molar-refractivity contribution in [2.24, 2.45) is 0 Å². The van der Waals surface area contributed by atoms with Crippen molar-refractivity contribution in [3.8, 4) is 0 Å². The van der Waals surface area contributed by atoms with Gasteiger partial charge in [0.05, 0.1) is 116 Å². The summed E-state index contributed by atoms with van der Waals surface area (Å²) in [7, 11) is 1.63. The van der Waals surface area contributed by atoms with E-state index in [9.17, 15) is 5.11 Å². The van der Waals surface area contributed by atoms with Crippen LogP contribution in [0.5, 0.6) is 0 Å². The normalized spacial score (nSPS) is 16.5. The van der Waals surface area contributed by atoms with Crippen molar-refractivity contribution in [2.45, 2.75) is 78.2 Å². The molecule has 220 valence electrons. The van der Waals surface area contributed by atoms with Crippen LogP contribution in [0.25, 0.3) is 0 Å². The Labute approximate surface area is 218 Å². The molecule has 0 aliphatic heterocycles. The molecule has 0 saturated carbocycles. The molecule has 0 saturated heterocycles. The highest BCUT2D eigenvalue weighted by atomic mass is 16.6. The molecule has 11 nitrogen and oxygen atoms in total. The van der Waals surface area contributed by atoms with Gasteiger partial charge in [-0.05, 0) is 41.5 Å². The number of methoxy groups -OCH3 is 1. The van der Waals surface area contributed by atoms with Gasteiger partial charge in [-0.1, -0.05) is 0 Å². The third-order valence-corrected chi connectivity index (χ3v) is 4.38. The van der Waals surface area contributed by atoms with Gasteiger partial charge in [-0.15, -0.1) is 0 Å². The predicted molar refractivity (Wildman–Crippen MR) is 136 cm³/mol. The highest BCUT2D eigenvalue weighted by Crippen LogP contribution is 2.03. The fourth-order valence-corrected chi connectivity index (χ4v) is 2.28. The first-order chi connectivity index (χ1) is 17.2. The summed E-state index contributed by atoms with van der Waals surface area (Å²) in [5.41, 5.74) is 0. The molecular formula is C25H54O11. The third kappa shape index (κ3) is 29.8. The van der Waals surface area contributed by atoms with Gasteiger partial charge in [0.15, 0.2) is 0 Å². The lowest BCUT2D eigenvalue weighted by atomic mass is 10.3. The second kappa shape index (κ2) is 27.6. The Hall–Kier alpha value is -0.440. The van der Waals surface area contributed by atoms with Crippen molar-refractivity contribution < 1.29 is 53.2 Å². The van der Waals surface area contributed by atoms with E-state index in [0.717, 1.165) is 0 Å². The van der Waals surface area contributed by atoms with Crippen LogP contribution in [-0.2, 0) is 37.9 Å². The second-order valence-corrected chi connectivity index (χ2v) is 8.69. The number of aliphatic hydroxyl groups is 3.